The predicted molar refractivity (Wildman–Crippen MR) is 163 cm³/mol. The van der Waals surface area contributed by atoms with Crippen LogP contribution in [-0.2, 0) is 19.1 Å². The number of halogens is 1. The summed E-state index contributed by atoms with van der Waals surface area (Å²) in [5, 5.41) is 31.6. The third-order valence-electron chi connectivity index (χ3n) is 12.3. The average Bonchev–Trinajstić information content (AvgIpc) is 3.60. The Morgan fingerprint density at radius 3 is 2.66 bits per heavy atom. The van der Waals surface area contributed by atoms with Gasteiger partial charge in [-0.05, 0) is 74.0 Å². The summed E-state index contributed by atoms with van der Waals surface area (Å²) in [7, 11) is 1.40. The summed E-state index contributed by atoms with van der Waals surface area (Å²) < 4.78 is 24.7. The molecule has 6 rings (SSSR count). The first-order valence-electron chi connectivity index (χ1n) is 15.4. The maximum Gasteiger partial charge on any atom is 0.333 e. The lowest BCUT2D eigenvalue weighted by Gasteiger charge is -2.61. The second-order valence-electron chi connectivity index (χ2n) is 14.0. The van der Waals surface area contributed by atoms with Crippen LogP contribution < -0.4 is 5.32 Å². The average molecular weight is 623 g/mol. The number of aliphatic hydroxyl groups is 1. The number of ether oxygens (including phenoxy) is 2. The molecule has 0 spiro atoms. The molecule has 0 aromatic heterocycles. The fraction of sp³-hybridized carbons (Fsp3) is 0.588. The standard InChI is InChI=1S/C34H40FN3O5S/c1-20-14-32-19-33(32,30(2)15-21(17-37)25(13-24(20)30)38-23-7-5-22(35)6-8-23)27(39)16-31(3)26(32)9-10-34(31,29(41)44-12-11-36)43-28(40)18-42-4/h5-8,13,17,20,26-27,37-39H,9-10,12,14-16,18-19H2,1-4H3/p+1/t20-,26?,27-,30-,31-,32+,33?,34-/m0/s1. The van der Waals surface area contributed by atoms with Gasteiger partial charge in [-0.1, -0.05) is 38.1 Å². The van der Waals surface area contributed by atoms with Crippen LogP contribution in [0.1, 0.15) is 59.3 Å². The number of carbonyl (C=O) groups is 2. The highest BCUT2D eigenvalue weighted by atomic mass is 32.2. The summed E-state index contributed by atoms with van der Waals surface area (Å²) in [5.74, 6) is -0.743. The molecule has 2 unspecified atom stereocenters. The first kappa shape index (κ1) is 31.2. The third-order valence-corrected chi connectivity index (χ3v) is 13.1. The molecule has 0 radical (unpaired) electrons. The Labute approximate surface area is 262 Å². The number of esters is 1. The van der Waals surface area contributed by atoms with Gasteiger partial charge in [-0.3, -0.25) is 10.1 Å². The van der Waals surface area contributed by atoms with Crippen molar-refractivity contribution in [3.63, 3.8) is 0 Å². The van der Waals surface area contributed by atoms with E-state index >= 15 is 0 Å². The van der Waals surface area contributed by atoms with Gasteiger partial charge < -0.3 is 20.0 Å². The minimum atomic E-state index is -1.45. The van der Waals surface area contributed by atoms with E-state index in [0.29, 0.717) is 25.7 Å². The molecule has 8 atom stereocenters. The molecule has 4 fully saturated rings. The highest BCUT2D eigenvalue weighted by Gasteiger charge is 2.88. The molecule has 4 saturated carbocycles. The molecule has 1 aromatic carbocycles. The van der Waals surface area contributed by atoms with Crippen LogP contribution in [0.15, 0.2) is 47.2 Å². The van der Waals surface area contributed by atoms with Gasteiger partial charge in [0.15, 0.2) is 5.60 Å². The largest absolute Gasteiger partial charge is 0.448 e. The summed E-state index contributed by atoms with van der Waals surface area (Å²) in [5.41, 5.74) is 0.574. The van der Waals surface area contributed by atoms with Crippen LogP contribution >= 0.6 is 11.8 Å². The van der Waals surface area contributed by atoms with Crippen molar-refractivity contribution in [2.45, 2.75) is 71.0 Å². The van der Waals surface area contributed by atoms with E-state index in [1.807, 2.05) is 18.3 Å². The van der Waals surface area contributed by atoms with E-state index in [9.17, 15) is 24.3 Å². The molecule has 0 heterocycles. The third kappa shape index (κ3) is 4.02. The van der Waals surface area contributed by atoms with Gasteiger partial charge in [0, 0.05) is 47.3 Å². The number of nitriles is 1. The van der Waals surface area contributed by atoms with Crippen molar-refractivity contribution >= 4 is 34.7 Å². The van der Waals surface area contributed by atoms with Crippen LogP contribution in [0.5, 0.6) is 0 Å². The number of hydrogen-bond donors (Lipinski definition) is 3. The summed E-state index contributed by atoms with van der Waals surface area (Å²) >= 11 is 0.887. The van der Waals surface area contributed by atoms with Crippen LogP contribution in [0.2, 0.25) is 0 Å². The second kappa shape index (κ2) is 10.6. The van der Waals surface area contributed by atoms with E-state index in [4.69, 9.17) is 14.9 Å². The molecular formula is C34H41FN3O5S+. The monoisotopic (exact) mass is 622 g/mol. The van der Waals surface area contributed by atoms with Crippen molar-refractivity contribution in [3.8, 4) is 6.07 Å². The lowest BCUT2D eigenvalue weighted by Crippen LogP contribution is -2.76. The van der Waals surface area contributed by atoms with Gasteiger partial charge >= 0.3 is 5.97 Å². The number of nitrogens with one attached hydrogen (secondary N) is 1. The van der Waals surface area contributed by atoms with Gasteiger partial charge in [-0.2, -0.15) is 5.26 Å². The van der Waals surface area contributed by atoms with E-state index < -0.39 is 33.9 Å². The Bertz CT molecular complexity index is 1520. The van der Waals surface area contributed by atoms with Gasteiger partial charge in [0.05, 0.1) is 17.9 Å². The molecule has 8 nitrogen and oxygen atoms in total. The number of nitrogens with zero attached hydrogens (tertiary/aromatic N) is 1. The quantitative estimate of drug-likeness (QED) is 0.220. The highest BCUT2D eigenvalue weighted by Crippen LogP contribution is 2.90. The molecule has 10 heteroatoms. The van der Waals surface area contributed by atoms with Crippen molar-refractivity contribution in [2.75, 3.05) is 19.5 Å². The van der Waals surface area contributed by atoms with Crippen LogP contribution in [0.25, 0.3) is 0 Å². The SMILES string of the molecule is COCC(=O)O[C@]1(C(=O)SCC#N)CCC2[C@]34C[C@H](C)C5=CC([NH2+]c6ccc(F)cc6)=C(C=N)C[C@]5(C)C3(C4)[C@@H](O)C[C@@]21C. The normalized spacial score (nSPS) is 40.0. The van der Waals surface area contributed by atoms with Crippen molar-refractivity contribution in [3.05, 3.63) is 53.0 Å². The predicted octanol–water partition coefficient (Wildman–Crippen LogP) is 4.57. The Kier molecular flexibility index (Phi) is 7.52. The number of aliphatic hydroxyl groups excluding tert-OH is 1. The molecular weight excluding hydrogens is 581 g/mol. The van der Waals surface area contributed by atoms with Crippen LogP contribution in [-0.4, -0.2) is 53.6 Å². The lowest BCUT2D eigenvalue weighted by atomic mass is 9.44. The minimum Gasteiger partial charge on any atom is -0.448 e. The molecule has 1 aromatic rings. The molecule has 0 bridgehead atoms. The summed E-state index contributed by atoms with van der Waals surface area (Å²) in [6.45, 7) is 6.21. The first-order valence-corrected chi connectivity index (χ1v) is 16.4. The Hall–Kier alpha value is -2.84. The maximum atomic E-state index is 13.9. The summed E-state index contributed by atoms with van der Waals surface area (Å²) in [6, 6.07) is 8.36. The van der Waals surface area contributed by atoms with Crippen molar-refractivity contribution in [2.24, 2.45) is 33.5 Å². The van der Waals surface area contributed by atoms with E-state index in [-0.39, 0.29) is 40.5 Å². The molecule has 4 N–H and O–H groups in total. The fourth-order valence-electron chi connectivity index (χ4n) is 10.7. The van der Waals surface area contributed by atoms with E-state index in [2.05, 4.69) is 19.9 Å². The van der Waals surface area contributed by atoms with Crippen molar-refractivity contribution < 1.29 is 33.9 Å². The van der Waals surface area contributed by atoms with Crippen molar-refractivity contribution in [1.82, 2.24) is 0 Å². The number of quaternary nitrogens is 1. The number of benzene rings is 1. The fourth-order valence-corrected chi connectivity index (χ4v) is 11.5. The number of allylic oxidation sites excluding steroid dienone is 3. The zero-order chi connectivity index (χ0) is 31.7. The van der Waals surface area contributed by atoms with E-state index in [1.165, 1.54) is 31.0 Å². The number of hydrogen-bond acceptors (Lipinski definition) is 8. The van der Waals surface area contributed by atoms with Gasteiger partial charge in [-0.15, -0.1) is 0 Å². The zero-order valence-corrected chi connectivity index (χ0v) is 26.6. The number of thioether (sulfide) groups is 1. The van der Waals surface area contributed by atoms with Gasteiger partial charge in [0.1, 0.15) is 23.8 Å². The first-order chi connectivity index (χ1) is 20.9. The molecule has 44 heavy (non-hydrogen) atoms. The van der Waals surface area contributed by atoms with E-state index in [0.717, 1.165) is 41.6 Å². The van der Waals surface area contributed by atoms with E-state index in [1.54, 1.807) is 12.1 Å². The Morgan fingerprint density at radius 1 is 1.27 bits per heavy atom. The van der Waals surface area contributed by atoms with Gasteiger partial charge in [0.25, 0.3) is 0 Å². The molecule has 234 valence electrons. The van der Waals surface area contributed by atoms with Gasteiger partial charge in [-0.25, -0.2) is 9.18 Å². The van der Waals surface area contributed by atoms with Crippen LogP contribution in [0, 0.1) is 56.1 Å². The molecule has 0 amide bonds. The summed E-state index contributed by atoms with van der Waals surface area (Å²) in [4.78, 5) is 26.8. The molecule has 0 aliphatic heterocycles. The summed E-state index contributed by atoms with van der Waals surface area (Å²) in [6.07, 6.45) is 6.44. The highest BCUT2D eigenvalue weighted by molar-refractivity contribution is 8.14. The second-order valence-corrected chi connectivity index (χ2v) is 15.0. The molecule has 5 aliphatic carbocycles. The van der Waals surface area contributed by atoms with Crippen LogP contribution in [0.4, 0.5) is 10.1 Å². The number of methoxy groups -OCH3 is 1. The minimum absolute atomic E-state index is 0.0285. The topological polar surface area (TPSA) is 137 Å². The maximum absolute atomic E-state index is 13.9. The smallest absolute Gasteiger partial charge is 0.333 e. The number of fused-ring (bicyclic) bond motifs is 2. The zero-order valence-electron chi connectivity index (χ0n) is 25.7. The lowest BCUT2D eigenvalue weighted by molar-refractivity contribution is -0.513. The van der Waals surface area contributed by atoms with Crippen LogP contribution in [0.3, 0.4) is 0 Å². The molecule has 0 saturated heterocycles. The Morgan fingerprint density at radius 2 is 2.00 bits per heavy atom. The number of carbonyl (C=O) groups excluding carboxylic acids is 2. The molecule has 5 aliphatic rings. The number of nitrogens with two attached hydrogens (primary N) is 1. The number of rotatable bonds is 8. The van der Waals surface area contributed by atoms with Crippen molar-refractivity contribution in [1.29, 1.82) is 10.7 Å². The van der Waals surface area contributed by atoms with Gasteiger partial charge in [0.2, 0.25) is 5.12 Å². The Balaban J connectivity index is 1.39.